The number of hydrogen-bond acceptors (Lipinski definition) is 6. The van der Waals surface area contributed by atoms with Gasteiger partial charge in [-0.2, -0.15) is 0 Å². The van der Waals surface area contributed by atoms with E-state index in [-0.39, 0.29) is 5.69 Å². The van der Waals surface area contributed by atoms with Gasteiger partial charge in [0.05, 0.1) is 4.92 Å². The molecule has 0 aliphatic heterocycles. The number of rotatable bonds is 5. The number of nitro benzene ring substituents is 1. The smallest absolute Gasteiger partial charge is 0.277 e. The van der Waals surface area contributed by atoms with Crippen LogP contribution in [-0.4, -0.2) is 15.1 Å². The molecule has 3 rings (SSSR count). The van der Waals surface area contributed by atoms with E-state index in [1.165, 1.54) is 23.9 Å². The van der Waals surface area contributed by atoms with Gasteiger partial charge in [-0.15, -0.1) is 10.2 Å². The number of aromatic nitrogens is 2. The maximum absolute atomic E-state index is 10.6. The largest absolute Gasteiger partial charge is 0.411 e. The third-order valence-electron chi connectivity index (χ3n) is 3.04. The van der Waals surface area contributed by atoms with Crippen molar-refractivity contribution in [2.45, 2.75) is 11.0 Å². The molecule has 1 heterocycles. The monoisotopic (exact) mass is 347 g/mol. The van der Waals surface area contributed by atoms with Crippen molar-refractivity contribution in [3.63, 3.8) is 0 Å². The minimum atomic E-state index is -0.456. The van der Waals surface area contributed by atoms with Gasteiger partial charge < -0.3 is 4.42 Å². The summed E-state index contributed by atoms with van der Waals surface area (Å²) in [6.07, 6.45) is 0. The number of thioether (sulfide) groups is 1. The zero-order valence-corrected chi connectivity index (χ0v) is 13.3. The van der Waals surface area contributed by atoms with Crippen molar-refractivity contribution in [2.75, 3.05) is 0 Å². The minimum Gasteiger partial charge on any atom is -0.411 e. The molecule has 0 aliphatic rings. The zero-order valence-electron chi connectivity index (χ0n) is 11.7. The maximum Gasteiger partial charge on any atom is 0.277 e. The Balaban J connectivity index is 1.70. The average Bonchev–Trinajstić information content (AvgIpc) is 3.03. The number of non-ortho nitro benzene ring substituents is 1. The van der Waals surface area contributed by atoms with Crippen LogP contribution >= 0.6 is 23.4 Å². The van der Waals surface area contributed by atoms with E-state index in [0.29, 0.717) is 27.5 Å². The van der Waals surface area contributed by atoms with Crippen molar-refractivity contribution in [1.82, 2.24) is 10.2 Å². The fraction of sp³-hybridized carbons (Fsp3) is 0.0667. The lowest BCUT2D eigenvalue weighted by atomic mass is 10.2. The second kappa shape index (κ2) is 6.80. The van der Waals surface area contributed by atoms with Crippen molar-refractivity contribution < 1.29 is 9.34 Å². The van der Waals surface area contributed by atoms with Crippen molar-refractivity contribution in [2.24, 2.45) is 0 Å². The maximum atomic E-state index is 10.6. The predicted molar refractivity (Wildman–Crippen MR) is 87.4 cm³/mol. The highest BCUT2D eigenvalue weighted by molar-refractivity contribution is 7.98. The molecular formula is C15H10ClN3O3S. The summed E-state index contributed by atoms with van der Waals surface area (Å²) < 4.78 is 5.56. The van der Waals surface area contributed by atoms with E-state index in [9.17, 15) is 10.1 Å². The number of nitrogens with zero attached hydrogens (tertiary/aromatic N) is 3. The van der Waals surface area contributed by atoms with Gasteiger partial charge in [-0.3, -0.25) is 10.1 Å². The highest BCUT2D eigenvalue weighted by Gasteiger charge is 2.12. The molecule has 116 valence electrons. The Labute approximate surface area is 140 Å². The first-order valence-corrected chi connectivity index (χ1v) is 7.94. The quantitative estimate of drug-likeness (QED) is 0.381. The number of hydrogen-bond donors (Lipinski definition) is 0. The van der Waals surface area contributed by atoms with E-state index in [1.54, 1.807) is 12.1 Å². The van der Waals surface area contributed by atoms with Crippen LogP contribution in [0.3, 0.4) is 0 Å². The zero-order chi connectivity index (χ0) is 16.2. The SMILES string of the molecule is O=[N+]([O-])c1ccc(-c2nnc(SCc3ccccc3Cl)o2)cc1. The van der Waals surface area contributed by atoms with Gasteiger partial charge in [-0.1, -0.05) is 41.6 Å². The Kier molecular flexibility index (Phi) is 4.59. The fourth-order valence-corrected chi connectivity index (χ4v) is 2.91. The lowest BCUT2D eigenvalue weighted by Gasteiger charge is -2.00. The molecule has 0 unspecified atom stereocenters. The molecule has 0 saturated carbocycles. The molecule has 0 saturated heterocycles. The van der Waals surface area contributed by atoms with Crippen molar-refractivity contribution in [1.29, 1.82) is 0 Å². The van der Waals surface area contributed by atoms with E-state index in [4.69, 9.17) is 16.0 Å². The van der Waals surface area contributed by atoms with Crippen LogP contribution in [0.2, 0.25) is 5.02 Å². The van der Waals surface area contributed by atoms with Gasteiger partial charge in [0.2, 0.25) is 5.89 Å². The Hall–Kier alpha value is -2.38. The Morgan fingerprint density at radius 1 is 1.13 bits per heavy atom. The Bertz CT molecular complexity index is 836. The fourth-order valence-electron chi connectivity index (χ4n) is 1.87. The van der Waals surface area contributed by atoms with Crippen LogP contribution in [0, 0.1) is 10.1 Å². The molecule has 23 heavy (non-hydrogen) atoms. The van der Waals surface area contributed by atoms with Crippen LogP contribution < -0.4 is 0 Å². The van der Waals surface area contributed by atoms with Crippen LogP contribution in [-0.2, 0) is 5.75 Å². The van der Waals surface area contributed by atoms with Gasteiger partial charge in [0.25, 0.3) is 10.9 Å². The highest BCUT2D eigenvalue weighted by atomic mass is 35.5. The molecule has 0 amide bonds. The summed E-state index contributed by atoms with van der Waals surface area (Å²) in [4.78, 5) is 10.2. The van der Waals surface area contributed by atoms with Crippen LogP contribution in [0.4, 0.5) is 5.69 Å². The lowest BCUT2D eigenvalue weighted by Crippen LogP contribution is -1.87. The predicted octanol–water partition coefficient (Wildman–Crippen LogP) is 4.59. The molecule has 0 aliphatic carbocycles. The molecule has 2 aromatic carbocycles. The van der Waals surface area contributed by atoms with Gasteiger partial charge >= 0.3 is 0 Å². The number of nitro groups is 1. The van der Waals surface area contributed by atoms with Gasteiger partial charge in [0.15, 0.2) is 0 Å². The lowest BCUT2D eigenvalue weighted by molar-refractivity contribution is -0.384. The van der Waals surface area contributed by atoms with Gasteiger partial charge in [0.1, 0.15) is 0 Å². The molecule has 0 bridgehead atoms. The second-order valence-corrected chi connectivity index (χ2v) is 5.89. The summed E-state index contributed by atoms with van der Waals surface area (Å²) in [5.41, 5.74) is 1.63. The van der Waals surface area contributed by atoms with Crippen LogP contribution in [0.5, 0.6) is 0 Å². The van der Waals surface area contributed by atoms with Crippen LogP contribution in [0.1, 0.15) is 5.56 Å². The minimum absolute atomic E-state index is 0.0154. The summed E-state index contributed by atoms with van der Waals surface area (Å²) in [5.74, 6) is 0.934. The molecule has 0 N–H and O–H groups in total. The average molecular weight is 348 g/mol. The van der Waals surface area contributed by atoms with E-state index in [2.05, 4.69) is 10.2 Å². The Morgan fingerprint density at radius 2 is 1.87 bits per heavy atom. The summed E-state index contributed by atoms with van der Waals surface area (Å²) in [6, 6.07) is 13.5. The van der Waals surface area contributed by atoms with Crippen molar-refractivity contribution in [3.05, 3.63) is 69.2 Å². The molecule has 0 radical (unpaired) electrons. The molecule has 6 nitrogen and oxygen atoms in total. The van der Waals surface area contributed by atoms with E-state index in [0.717, 1.165) is 5.56 Å². The first-order valence-electron chi connectivity index (χ1n) is 6.58. The number of benzene rings is 2. The van der Waals surface area contributed by atoms with Crippen LogP contribution in [0.25, 0.3) is 11.5 Å². The topological polar surface area (TPSA) is 82.1 Å². The van der Waals surface area contributed by atoms with E-state index < -0.39 is 4.92 Å². The first-order chi connectivity index (χ1) is 11.1. The second-order valence-electron chi connectivity index (χ2n) is 4.56. The van der Waals surface area contributed by atoms with Crippen molar-refractivity contribution in [3.8, 4) is 11.5 Å². The standard InChI is InChI=1S/C15H10ClN3O3S/c16-13-4-2-1-3-11(13)9-23-15-18-17-14(22-15)10-5-7-12(8-6-10)19(20)21/h1-8H,9H2. The molecule has 0 atom stereocenters. The molecule has 0 spiro atoms. The Morgan fingerprint density at radius 3 is 2.57 bits per heavy atom. The summed E-state index contributed by atoms with van der Waals surface area (Å²) in [5, 5.41) is 19.7. The summed E-state index contributed by atoms with van der Waals surface area (Å²) >= 11 is 7.48. The molecule has 3 aromatic rings. The van der Waals surface area contributed by atoms with Crippen molar-refractivity contribution >= 4 is 29.1 Å². The highest BCUT2D eigenvalue weighted by Crippen LogP contribution is 2.28. The molecule has 8 heteroatoms. The first kappa shape index (κ1) is 15.5. The molecule has 0 fully saturated rings. The summed E-state index contributed by atoms with van der Waals surface area (Å²) in [7, 11) is 0. The number of halogens is 1. The van der Waals surface area contributed by atoms with Gasteiger partial charge in [-0.25, -0.2) is 0 Å². The van der Waals surface area contributed by atoms with E-state index >= 15 is 0 Å². The van der Waals surface area contributed by atoms with Gasteiger partial charge in [0, 0.05) is 28.5 Å². The summed E-state index contributed by atoms with van der Waals surface area (Å²) in [6.45, 7) is 0. The van der Waals surface area contributed by atoms with Crippen LogP contribution in [0.15, 0.2) is 58.2 Å². The van der Waals surface area contributed by atoms with Gasteiger partial charge in [-0.05, 0) is 23.8 Å². The van der Waals surface area contributed by atoms with E-state index in [1.807, 2.05) is 24.3 Å². The molecule has 1 aromatic heterocycles. The third-order valence-corrected chi connectivity index (χ3v) is 4.28. The normalized spacial score (nSPS) is 10.7. The third kappa shape index (κ3) is 3.69. The molecular weight excluding hydrogens is 338 g/mol.